The molecule has 0 saturated heterocycles. The quantitative estimate of drug-likeness (QED) is 0.544. The molecule has 3 nitrogen and oxygen atoms in total. The Kier molecular flexibility index (Phi) is 7.48. The van der Waals surface area contributed by atoms with Crippen molar-refractivity contribution in [3.63, 3.8) is 0 Å². The highest BCUT2D eigenvalue weighted by Crippen LogP contribution is 2.37. The van der Waals surface area contributed by atoms with Crippen LogP contribution < -0.4 is 0 Å². The minimum absolute atomic E-state index is 0.244. The molecule has 0 aliphatic heterocycles. The summed E-state index contributed by atoms with van der Waals surface area (Å²) in [6, 6.07) is 6.89. The van der Waals surface area contributed by atoms with Gasteiger partial charge in [-0.25, -0.2) is 0 Å². The topological polar surface area (TPSA) is 43.4 Å². The monoisotopic (exact) mass is 354 g/mol. The number of hydrogen-bond acceptors (Lipinski definition) is 3. The number of hydrogen-bond donors (Lipinski definition) is 0. The average molecular weight is 355 g/mol. The average Bonchev–Trinajstić information content (AvgIpc) is 2.35. The molecule has 0 aromatic heterocycles. The molecule has 0 aliphatic rings. The van der Waals surface area contributed by atoms with Gasteiger partial charge >= 0.3 is 0 Å². The van der Waals surface area contributed by atoms with Crippen molar-refractivity contribution >= 4 is 10.1 Å². The van der Waals surface area contributed by atoms with Gasteiger partial charge in [0.05, 0.1) is 10.5 Å². The molecular formula is C20H34O3S. The molecule has 0 saturated carbocycles. The van der Waals surface area contributed by atoms with Crippen molar-refractivity contribution < 1.29 is 12.6 Å². The lowest BCUT2D eigenvalue weighted by Crippen LogP contribution is -2.39. The van der Waals surface area contributed by atoms with Gasteiger partial charge in [-0.15, -0.1) is 0 Å². The molecule has 0 unspecified atom stereocenters. The second-order valence-electron chi connectivity index (χ2n) is 8.33. The van der Waals surface area contributed by atoms with Gasteiger partial charge in [0, 0.05) is 0 Å². The third kappa shape index (κ3) is 6.56. The molecule has 0 bridgehead atoms. The van der Waals surface area contributed by atoms with Crippen molar-refractivity contribution in [2.24, 2.45) is 17.8 Å². The number of benzene rings is 1. The zero-order valence-corrected chi connectivity index (χ0v) is 17.1. The van der Waals surface area contributed by atoms with Crippen molar-refractivity contribution in [2.45, 2.75) is 78.2 Å². The molecular weight excluding hydrogens is 320 g/mol. The summed E-state index contributed by atoms with van der Waals surface area (Å²) in [4.78, 5) is 0.244. The van der Waals surface area contributed by atoms with Gasteiger partial charge in [-0.2, -0.15) is 8.42 Å². The van der Waals surface area contributed by atoms with E-state index in [0.29, 0.717) is 17.8 Å². The number of rotatable bonds is 9. The lowest BCUT2D eigenvalue weighted by atomic mass is 9.79. The van der Waals surface area contributed by atoms with Gasteiger partial charge in [0.1, 0.15) is 0 Å². The standard InChI is InChI=1S/C20H34O3S/c1-15(2)12-20(13-16(3)4,14-17(5)6)23-24(21,22)19-10-8-18(7)9-11-19/h8-11,15-17H,12-14H2,1-7H3. The largest absolute Gasteiger partial charge is 0.297 e. The van der Waals surface area contributed by atoms with Crippen LogP contribution in [0.25, 0.3) is 0 Å². The molecule has 0 heterocycles. The van der Waals surface area contributed by atoms with Gasteiger partial charge in [0.15, 0.2) is 0 Å². The number of aryl methyl sites for hydroxylation is 1. The summed E-state index contributed by atoms with van der Waals surface area (Å²) in [5.41, 5.74) is 0.395. The SMILES string of the molecule is Cc1ccc(S(=O)(=O)OC(CC(C)C)(CC(C)C)CC(C)C)cc1. The smallest absolute Gasteiger partial charge is 0.260 e. The van der Waals surface area contributed by atoms with Crippen LogP contribution in [0.4, 0.5) is 0 Å². The zero-order valence-electron chi connectivity index (χ0n) is 16.3. The summed E-state index contributed by atoms with van der Waals surface area (Å²) >= 11 is 0. The normalized spacial score (nSPS) is 13.2. The van der Waals surface area contributed by atoms with Crippen LogP contribution in [0.1, 0.15) is 66.4 Å². The van der Waals surface area contributed by atoms with Gasteiger partial charge in [-0.05, 0) is 56.1 Å². The van der Waals surface area contributed by atoms with E-state index in [9.17, 15) is 8.42 Å². The Bertz CT molecular complexity index is 572. The highest BCUT2D eigenvalue weighted by Gasteiger charge is 2.38. The van der Waals surface area contributed by atoms with Crippen molar-refractivity contribution in [2.75, 3.05) is 0 Å². The fraction of sp³-hybridized carbons (Fsp3) is 0.700. The summed E-state index contributed by atoms with van der Waals surface area (Å²) in [7, 11) is -3.77. The fourth-order valence-electron chi connectivity index (χ4n) is 3.57. The Morgan fingerprint density at radius 1 is 0.833 bits per heavy atom. The van der Waals surface area contributed by atoms with Gasteiger partial charge in [0.25, 0.3) is 10.1 Å². The van der Waals surface area contributed by atoms with Crippen LogP contribution in [0.15, 0.2) is 29.2 Å². The zero-order chi connectivity index (χ0) is 18.5. The molecule has 4 heteroatoms. The van der Waals surface area contributed by atoms with Crippen molar-refractivity contribution in [3.05, 3.63) is 29.8 Å². The van der Waals surface area contributed by atoms with E-state index in [0.717, 1.165) is 24.8 Å². The van der Waals surface area contributed by atoms with Crippen molar-refractivity contribution in [1.29, 1.82) is 0 Å². The van der Waals surface area contributed by atoms with Crippen LogP contribution in [-0.4, -0.2) is 14.0 Å². The van der Waals surface area contributed by atoms with E-state index >= 15 is 0 Å². The Morgan fingerprint density at radius 2 is 1.21 bits per heavy atom. The van der Waals surface area contributed by atoms with Crippen LogP contribution in [0, 0.1) is 24.7 Å². The highest BCUT2D eigenvalue weighted by molar-refractivity contribution is 7.86. The van der Waals surface area contributed by atoms with Crippen LogP contribution in [0.3, 0.4) is 0 Å². The van der Waals surface area contributed by atoms with E-state index in [1.54, 1.807) is 12.1 Å². The second kappa shape index (κ2) is 8.48. The Labute approximate surface area is 148 Å². The lowest BCUT2D eigenvalue weighted by molar-refractivity contribution is 0.0137. The molecule has 1 rings (SSSR count). The Balaban J connectivity index is 3.23. The van der Waals surface area contributed by atoms with Gasteiger partial charge < -0.3 is 0 Å². The van der Waals surface area contributed by atoms with E-state index < -0.39 is 15.7 Å². The van der Waals surface area contributed by atoms with Gasteiger partial charge in [0.2, 0.25) is 0 Å². The van der Waals surface area contributed by atoms with Crippen molar-refractivity contribution in [1.82, 2.24) is 0 Å². The minimum Gasteiger partial charge on any atom is -0.260 e. The molecule has 1 aromatic rings. The Morgan fingerprint density at radius 3 is 1.54 bits per heavy atom. The molecule has 0 aliphatic carbocycles. The Hall–Kier alpha value is -0.870. The third-order valence-corrected chi connectivity index (χ3v) is 5.36. The molecule has 138 valence electrons. The van der Waals surface area contributed by atoms with E-state index in [1.165, 1.54) is 0 Å². The van der Waals surface area contributed by atoms with Crippen molar-refractivity contribution in [3.8, 4) is 0 Å². The summed E-state index contributed by atoms with van der Waals surface area (Å²) < 4.78 is 31.7. The second-order valence-corrected chi connectivity index (χ2v) is 9.87. The van der Waals surface area contributed by atoms with Gasteiger partial charge in [-0.1, -0.05) is 59.2 Å². The maximum atomic E-state index is 12.9. The highest BCUT2D eigenvalue weighted by atomic mass is 32.2. The summed E-state index contributed by atoms with van der Waals surface area (Å²) in [5, 5.41) is 0. The van der Waals surface area contributed by atoms with E-state index in [4.69, 9.17) is 4.18 Å². The minimum atomic E-state index is -3.77. The van der Waals surface area contributed by atoms with E-state index in [1.807, 2.05) is 19.1 Å². The summed E-state index contributed by atoms with van der Waals surface area (Å²) in [6.07, 6.45) is 2.23. The molecule has 0 fully saturated rings. The van der Waals surface area contributed by atoms with Crippen LogP contribution >= 0.6 is 0 Å². The summed E-state index contributed by atoms with van der Waals surface area (Å²) in [5.74, 6) is 1.11. The molecule has 0 amide bonds. The van der Waals surface area contributed by atoms with Gasteiger partial charge in [-0.3, -0.25) is 4.18 Å². The molecule has 0 atom stereocenters. The van der Waals surface area contributed by atoms with Crippen LogP contribution in [0.2, 0.25) is 0 Å². The third-order valence-electron chi connectivity index (χ3n) is 3.94. The van der Waals surface area contributed by atoms with E-state index in [-0.39, 0.29) is 4.90 Å². The molecule has 24 heavy (non-hydrogen) atoms. The lowest BCUT2D eigenvalue weighted by Gasteiger charge is -2.37. The van der Waals surface area contributed by atoms with Crippen LogP contribution in [0.5, 0.6) is 0 Å². The maximum absolute atomic E-state index is 12.9. The van der Waals surface area contributed by atoms with Crippen LogP contribution in [-0.2, 0) is 14.3 Å². The first-order valence-electron chi connectivity index (χ1n) is 8.98. The molecule has 1 aromatic carbocycles. The predicted molar refractivity (Wildman–Crippen MR) is 101 cm³/mol. The molecule has 0 radical (unpaired) electrons. The predicted octanol–water partition coefficient (Wildman–Crippen LogP) is 5.58. The fourth-order valence-corrected chi connectivity index (χ4v) is 4.81. The molecule has 0 spiro atoms. The maximum Gasteiger partial charge on any atom is 0.297 e. The first-order chi connectivity index (χ1) is 11.0. The first-order valence-corrected chi connectivity index (χ1v) is 10.4. The van der Waals surface area contributed by atoms with E-state index in [2.05, 4.69) is 41.5 Å². The summed E-state index contributed by atoms with van der Waals surface area (Å²) in [6.45, 7) is 14.7. The first kappa shape index (κ1) is 21.2. The molecule has 0 N–H and O–H groups in total.